The van der Waals surface area contributed by atoms with E-state index in [2.05, 4.69) is 0 Å². The van der Waals surface area contributed by atoms with Gasteiger partial charge in [-0.2, -0.15) is 0 Å². The molecule has 0 aliphatic carbocycles. The molecule has 11 heteroatoms. The molecule has 0 amide bonds. The average Bonchev–Trinajstić information content (AvgIpc) is 3.11. The largest absolute Gasteiger partial charge is 0.468 e. The van der Waals surface area contributed by atoms with Crippen molar-refractivity contribution in [2.75, 3.05) is 45.5 Å². The Balaban J connectivity index is 2.29. The molecule has 3 rings (SSSR count). The van der Waals surface area contributed by atoms with Crippen LogP contribution in [0.15, 0.2) is 47.0 Å². The van der Waals surface area contributed by atoms with Crippen LogP contribution in [0.3, 0.4) is 0 Å². The monoisotopic (exact) mass is 502 g/mol. The van der Waals surface area contributed by atoms with E-state index in [1.54, 1.807) is 24.3 Å². The van der Waals surface area contributed by atoms with Crippen LogP contribution >= 0.6 is 0 Å². The molecule has 0 bridgehead atoms. The van der Waals surface area contributed by atoms with Gasteiger partial charge in [0.2, 0.25) is 0 Å². The number of nitrogens with zero attached hydrogens (tertiary/aromatic N) is 1. The number of carbonyl (C=O) groups excluding carboxylic acids is 4. The van der Waals surface area contributed by atoms with Gasteiger partial charge < -0.3 is 34.3 Å². The van der Waals surface area contributed by atoms with Crippen LogP contribution in [-0.2, 0) is 48.3 Å². The molecule has 2 heterocycles. The molecule has 1 unspecified atom stereocenters. The molecule has 1 atom stereocenters. The highest BCUT2D eigenvalue weighted by Crippen LogP contribution is 2.54. The minimum absolute atomic E-state index is 0.0368. The smallest absolute Gasteiger partial charge is 0.339 e. The highest BCUT2D eigenvalue weighted by molar-refractivity contribution is 6.16. The molecule has 36 heavy (non-hydrogen) atoms. The van der Waals surface area contributed by atoms with Crippen LogP contribution in [-0.4, -0.2) is 64.5 Å². The Morgan fingerprint density at radius 2 is 1.69 bits per heavy atom. The van der Waals surface area contributed by atoms with Crippen LogP contribution in [0.4, 0.5) is 5.69 Å². The van der Waals surface area contributed by atoms with Crippen molar-refractivity contribution in [1.82, 2.24) is 0 Å². The lowest BCUT2D eigenvalue weighted by Crippen LogP contribution is -2.51. The zero-order chi connectivity index (χ0) is 26.5. The molecular weight excluding hydrogens is 472 g/mol. The van der Waals surface area contributed by atoms with Gasteiger partial charge >= 0.3 is 23.9 Å². The second-order valence-electron chi connectivity index (χ2n) is 8.13. The predicted octanol–water partition coefficient (Wildman–Crippen LogP) is 1.45. The van der Waals surface area contributed by atoms with Crippen molar-refractivity contribution < 1.29 is 42.9 Å². The minimum atomic E-state index is -2.06. The predicted molar refractivity (Wildman–Crippen MR) is 126 cm³/mol. The summed E-state index contributed by atoms with van der Waals surface area (Å²) in [6, 6.07) is 6.48. The molecule has 0 radical (unpaired) electrons. The number of hydrogen-bond donors (Lipinski definition) is 1. The molecule has 2 aliphatic rings. The summed E-state index contributed by atoms with van der Waals surface area (Å²) in [6.45, 7) is 3.08. The third-order valence-corrected chi connectivity index (χ3v) is 5.97. The van der Waals surface area contributed by atoms with E-state index < -0.39 is 29.3 Å². The molecule has 1 aromatic carbocycles. The molecule has 1 aromatic rings. The van der Waals surface area contributed by atoms with Crippen molar-refractivity contribution in [3.05, 3.63) is 52.6 Å². The molecular formula is C25H30N2O9. The van der Waals surface area contributed by atoms with E-state index in [-0.39, 0.29) is 54.7 Å². The van der Waals surface area contributed by atoms with Gasteiger partial charge in [0.25, 0.3) is 0 Å². The summed E-state index contributed by atoms with van der Waals surface area (Å²) in [4.78, 5) is 54.1. The van der Waals surface area contributed by atoms with Gasteiger partial charge in [-0.15, -0.1) is 0 Å². The quantitative estimate of drug-likeness (QED) is 0.282. The summed E-state index contributed by atoms with van der Waals surface area (Å²) in [7, 11) is 2.66. The number of hydrogen-bond acceptors (Lipinski definition) is 11. The van der Waals surface area contributed by atoms with Gasteiger partial charge in [-0.1, -0.05) is 31.5 Å². The Bertz CT molecular complexity index is 1120. The first-order chi connectivity index (χ1) is 17.2. The van der Waals surface area contributed by atoms with Crippen LogP contribution in [0.25, 0.3) is 0 Å². The lowest BCUT2D eigenvalue weighted by molar-refractivity contribution is -0.147. The van der Waals surface area contributed by atoms with Crippen LogP contribution in [0.5, 0.6) is 0 Å². The third kappa shape index (κ3) is 4.53. The normalized spacial score (nSPS) is 18.8. The summed E-state index contributed by atoms with van der Waals surface area (Å²) >= 11 is 0. The number of anilines is 1. The van der Waals surface area contributed by atoms with Crippen molar-refractivity contribution >= 4 is 29.6 Å². The zero-order valence-corrected chi connectivity index (χ0v) is 20.8. The number of nitrogens with two attached hydrogens (primary N) is 1. The molecule has 11 nitrogen and oxygen atoms in total. The molecule has 0 aromatic heterocycles. The van der Waals surface area contributed by atoms with E-state index in [1.165, 1.54) is 26.0 Å². The van der Waals surface area contributed by atoms with Gasteiger partial charge in [0.1, 0.15) is 35.9 Å². The van der Waals surface area contributed by atoms with Gasteiger partial charge in [-0.3, -0.25) is 4.79 Å². The second-order valence-corrected chi connectivity index (χ2v) is 8.13. The number of rotatable bonds is 10. The summed E-state index contributed by atoms with van der Waals surface area (Å²) in [5, 5.41) is 0. The summed E-state index contributed by atoms with van der Waals surface area (Å²) < 4.78 is 26.0. The number of benzene rings is 1. The molecule has 1 spiro atoms. The van der Waals surface area contributed by atoms with E-state index in [0.717, 1.165) is 6.42 Å². The maximum absolute atomic E-state index is 13.6. The van der Waals surface area contributed by atoms with Gasteiger partial charge in [-0.25, -0.2) is 14.4 Å². The van der Waals surface area contributed by atoms with Gasteiger partial charge in [-0.05, 0) is 19.4 Å². The number of esters is 4. The first-order valence-electron chi connectivity index (χ1n) is 11.5. The number of unbranched alkanes of at least 4 members (excludes halogenated alkanes) is 1. The fourth-order valence-electron chi connectivity index (χ4n) is 4.31. The molecule has 2 aliphatic heterocycles. The maximum atomic E-state index is 13.6. The van der Waals surface area contributed by atoms with Crippen molar-refractivity contribution in [3.8, 4) is 0 Å². The Hall–Kier alpha value is -3.86. The number of allylic oxidation sites excluding steroid dienone is 1. The van der Waals surface area contributed by atoms with Gasteiger partial charge in [0.05, 0.1) is 20.3 Å². The van der Waals surface area contributed by atoms with Crippen LogP contribution in [0.1, 0.15) is 32.3 Å². The van der Waals surface area contributed by atoms with Crippen molar-refractivity contribution in [1.29, 1.82) is 0 Å². The number of cyclic esters (lactones) is 1. The topological polar surface area (TPSA) is 144 Å². The zero-order valence-electron chi connectivity index (χ0n) is 20.8. The van der Waals surface area contributed by atoms with Crippen molar-refractivity contribution in [3.63, 3.8) is 0 Å². The summed E-state index contributed by atoms with van der Waals surface area (Å²) in [5.41, 5.74) is 4.43. The highest BCUT2D eigenvalue weighted by atomic mass is 16.6. The van der Waals surface area contributed by atoms with Crippen molar-refractivity contribution in [2.24, 2.45) is 5.73 Å². The highest BCUT2D eigenvalue weighted by Gasteiger charge is 2.63. The summed E-state index contributed by atoms with van der Waals surface area (Å²) in [6.07, 6.45) is 1.32. The fourth-order valence-corrected chi connectivity index (χ4v) is 4.31. The van der Waals surface area contributed by atoms with E-state index in [9.17, 15) is 19.2 Å². The van der Waals surface area contributed by atoms with Crippen LogP contribution in [0.2, 0.25) is 0 Å². The number of para-hydroxylation sites is 1. The first kappa shape index (κ1) is 26.7. The minimum Gasteiger partial charge on any atom is -0.468 e. The number of methoxy groups -OCH3 is 2. The first-order valence-corrected chi connectivity index (χ1v) is 11.5. The number of carbonyl (C=O) groups is 4. The van der Waals surface area contributed by atoms with E-state index in [4.69, 9.17) is 29.4 Å². The Labute approximate surface area is 208 Å². The molecule has 0 saturated heterocycles. The molecule has 2 N–H and O–H groups in total. The van der Waals surface area contributed by atoms with E-state index >= 15 is 0 Å². The Morgan fingerprint density at radius 1 is 1.03 bits per heavy atom. The number of ether oxygens (including phenoxy) is 5. The molecule has 0 saturated carbocycles. The van der Waals surface area contributed by atoms with Crippen molar-refractivity contribution in [2.45, 2.75) is 32.1 Å². The fraction of sp³-hybridized carbons (Fsp3) is 0.440. The summed E-state index contributed by atoms with van der Waals surface area (Å²) in [5.74, 6) is -3.62. The average molecular weight is 503 g/mol. The van der Waals surface area contributed by atoms with Gasteiger partial charge in [0, 0.05) is 18.4 Å². The van der Waals surface area contributed by atoms with Crippen LogP contribution < -0.4 is 10.6 Å². The lowest BCUT2D eigenvalue weighted by Gasteiger charge is -2.40. The van der Waals surface area contributed by atoms with Gasteiger partial charge in [0.15, 0.2) is 5.41 Å². The molecule has 194 valence electrons. The van der Waals surface area contributed by atoms with E-state index in [1.807, 2.05) is 6.92 Å². The number of fused-ring (bicyclic) bond motifs is 2. The lowest BCUT2D eigenvalue weighted by atomic mass is 9.66. The van der Waals surface area contributed by atoms with E-state index in [0.29, 0.717) is 12.1 Å². The Morgan fingerprint density at radius 3 is 2.36 bits per heavy atom. The maximum Gasteiger partial charge on any atom is 0.339 e. The van der Waals surface area contributed by atoms with Crippen LogP contribution in [0, 0.1) is 0 Å². The SMILES string of the molecule is CCCCOC(=O)C1=C(N)N(CC(=O)OC)c2ccccc2C12C(=O)OC(C)=C2C(=O)OCCOC. The molecule has 0 fully saturated rings. The Kier molecular flexibility index (Phi) is 8.36. The second kappa shape index (κ2) is 11.3. The third-order valence-electron chi connectivity index (χ3n) is 5.97. The standard InChI is InChI=1S/C25H30N2O9/c1-5-6-11-34-23(30)20-21(26)27(14-18(28)33-4)17-10-8-7-9-16(17)25(20)19(15(2)36-24(25)31)22(29)35-13-12-32-3/h7-10H,5-6,11-14,26H2,1-4H3.